The van der Waals surface area contributed by atoms with Crippen LogP contribution in [0.1, 0.15) is 34.7 Å². The average Bonchev–Trinajstić information content (AvgIpc) is 2.81. The highest BCUT2D eigenvalue weighted by Gasteiger charge is 2.27. The maximum atomic E-state index is 13.3. The van der Waals surface area contributed by atoms with Gasteiger partial charge < -0.3 is 15.0 Å². The second-order valence-corrected chi connectivity index (χ2v) is 7.92. The number of aromatic nitrogens is 1. The Morgan fingerprint density at radius 3 is 2.42 bits per heavy atom. The van der Waals surface area contributed by atoms with E-state index in [0.717, 1.165) is 29.8 Å². The maximum absolute atomic E-state index is 13.3. The number of amides is 1. The molecule has 1 aliphatic heterocycles. The number of hydrogen-bond donors (Lipinski definition) is 1. The molecular formula is C24H23ClFN3O2. The summed E-state index contributed by atoms with van der Waals surface area (Å²) in [4.78, 5) is 19.2. The summed E-state index contributed by atoms with van der Waals surface area (Å²) in [7, 11) is 1.61. The number of carbonyl (C=O) groups is 1. The van der Waals surface area contributed by atoms with Gasteiger partial charge in [0.25, 0.3) is 5.91 Å². The van der Waals surface area contributed by atoms with Gasteiger partial charge >= 0.3 is 0 Å². The first-order valence-electron chi connectivity index (χ1n) is 10.1. The van der Waals surface area contributed by atoms with Crippen LogP contribution in [-0.4, -0.2) is 36.0 Å². The predicted molar refractivity (Wildman–Crippen MR) is 120 cm³/mol. The lowest BCUT2D eigenvalue weighted by Gasteiger charge is -2.32. The molecule has 4 rings (SSSR count). The third-order valence-corrected chi connectivity index (χ3v) is 5.90. The summed E-state index contributed by atoms with van der Waals surface area (Å²) in [5.74, 6) is 0.719. The molecule has 5 nitrogen and oxygen atoms in total. The molecule has 7 heteroatoms. The number of ether oxygens (including phenoxy) is 1. The van der Waals surface area contributed by atoms with Gasteiger partial charge in [-0.15, -0.1) is 0 Å². The number of likely N-dealkylation sites (tertiary alicyclic amines) is 1. The van der Waals surface area contributed by atoms with Crippen molar-refractivity contribution in [3.05, 3.63) is 82.9 Å². The minimum atomic E-state index is -0.235. The lowest BCUT2D eigenvalue weighted by Crippen LogP contribution is -2.38. The number of carbonyl (C=O) groups excluding carboxylic acids is 1. The molecule has 0 saturated carbocycles. The van der Waals surface area contributed by atoms with Gasteiger partial charge in [-0.2, -0.15) is 0 Å². The Balaban J connectivity index is 1.48. The summed E-state index contributed by atoms with van der Waals surface area (Å²) in [5.41, 5.74) is 2.87. The molecule has 3 aromatic rings. The lowest BCUT2D eigenvalue weighted by molar-refractivity contribution is 0.0713. The van der Waals surface area contributed by atoms with Gasteiger partial charge in [0.1, 0.15) is 11.6 Å². The summed E-state index contributed by atoms with van der Waals surface area (Å²) in [6.07, 6.45) is 4.72. The van der Waals surface area contributed by atoms with Gasteiger partial charge in [-0.1, -0.05) is 23.7 Å². The number of nitrogens with zero attached hydrogens (tertiary/aromatic N) is 2. The minimum absolute atomic E-state index is 0.108. The van der Waals surface area contributed by atoms with Gasteiger partial charge in [0.05, 0.1) is 23.4 Å². The summed E-state index contributed by atoms with van der Waals surface area (Å²) in [5, 5.41) is 3.62. The van der Waals surface area contributed by atoms with E-state index in [0.29, 0.717) is 35.3 Å². The molecule has 31 heavy (non-hydrogen) atoms. The van der Waals surface area contributed by atoms with Crippen molar-refractivity contribution >= 4 is 28.9 Å². The van der Waals surface area contributed by atoms with Gasteiger partial charge in [-0.25, -0.2) is 4.39 Å². The summed E-state index contributed by atoms with van der Waals surface area (Å²) in [6.45, 7) is 1.24. The Kier molecular flexibility index (Phi) is 6.37. The van der Waals surface area contributed by atoms with Crippen LogP contribution in [0.4, 0.5) is 15.8 Å². The molecule has 1 amide bonds. The fourth-order valence-corrected chi connectivity index (χ4v) is 4.07. The second kappa shape index (κ2) is 9.35. The molecular weight excluding hydrogens is 417 g/mol. The molecule has 0 aliphatic carbocycles. The Morgan fingerprint density at radius 2 is 1.77 bits per heavy atom. The molecule has 2 aromatic carbocycles. The second-order valence-electron chi connectivity index (χ2n) is 7.52. The maximum Gasteiger partial charge on any atom is 0.257 e. The third-order valence-electron chi connectivity index (χ3n) is 5.61. The van der Waals surface area contributed by atoms with Crippen molar-refractivity contribution in [2.45, 2.75) is 18.8 Å². The molecule has 0 spiro atoms. The summed E-state index contributed by atoms with van der Waals surface area (Å²) >= 11 is 6.39. The zero-order valence-electron chi connectivity index (χ0n) is 17.1. The van der Waals surface area contributed by atoms with E-state index in [9.17, 15) is 9.18 Å². The number of anilines is 2. The number of halogens is 2. The SMILES string of the molecule is COc1ccc(Nc2c(Cl)cncc2C(=O)N2CCC(c3ccc(F)cc3)CC2)cc1. The van der Waals surface area contributed by atoms with Crippen LogP contribution in [-0.2, 0) is 0 Å². The minimum Gasteiger partial charge on any atom is -0.497 e. The van der Waals surface area contributed by atoms with E-state index in [1.165, 1.54) is 18.3 Å². The van der Waals surface area contributed by atoms with Crippen LogP contribution in [0.15, 0.2) is 60.9 Å². The van der Waals surface area contributed by atoms with Crippen LogP contribution >= 0.6 is 11.6 Å². The molecule has 0 atom stereocenters. The third kappa shape index (κ3) is 4.80. The Morgan fingerprint density at radius 1 is 1.10 bits per heavy atom. The van der Waals surface area contributed by atoms with Crippen LogP contribution in [0.5, 0.6) is 5.75 Å². The van der Waals surface area contributed by atoms with Crippen LogP contribution in [0.25, 0.3) is 0 Å². The van der Waals surface area contributed by atoms with E-state index in [2.05, 4.69) is 10.3 Å². The van der Waals surface area contributed by atoms with Crippen molar-refractivity contribution in [3.8, 4) is 5.75 Å². The molecule has 1 saturated heterocycles. The average molecular weight is 440 g/mol. The van der Waals surface area contributed by atoms with E-state index < -0.39 is 0 Å². The fraction of sp³-hybridized carbons (Fsp3) is 0.250. The van der Waals surface area contributed by atoms with E-state index in [1.54, 1.807) is 13.3 Å². The van der Waals surface area contributed by atoms with Gasteiger partial charge in [-0.3, -0.25) is 9.78 Å². The summed E-state index contributed by atoms with van der Waals surface area (Å²) in [6, 6.07) is 14.0. The zero-order valence-corrected chi connectivity index (χ0v) is 17.9. The van der Waals surface area contributed by atoms with Crippen LogP contribution in [0.3, 0.4) is 0 Å². The van der Waals surface area contributed by atoms with E-state index >= 15 is 0 Å². The Bertz CT molecular complexity index is 1050. The zero-order chi connectivity index (χ0) is 21.8. The van der Waals surface area contributed by atoms with E-state index in [-0.39, 0.29) is 11.7 Å². The molecule has 0 radical (unpaired) electrons. The highest BCUT2D eigenvalue weighted by molar-refractivity contribution is 6.34. The molecule has 160 valence electrons. The molecule has 1 N–H and O–H groups in total. The summed E-state index contributed by atoms with van der Waals surface area (Å²) < 4.78 is 18.4. The largest absolute Gasteiger partial charge is 0.497 e. The molecule has 0 unspecified atom stereocenters. The van der Waals surface area contributed by atoms with Crippen LogP contribution in [0, 0.1) is 5.82 Å². The quantitative estimate of drug-likeness (QED) is 0.558. The van der Waals surface area contributed by atoms with Crippen LogP contribution < -0.4 is 10.1 Å². The topological polar surface area (TPSA) is 54.5 Å². The Labute approximate surface area is 185 Å². The molecule has 1 fully saturated rings. The number of rotatable bonds is 5. The Hall–Kier alpha value is -3.12. The van der Waals surface area contributed by atoms with Gasteiger partial charge in [0, 0.05) is 31.2 Å². The van der Waals surface area contributed by atoms with Crippen LogP contribution in [0.2, 0.25) is 5.02 Å². The molecule has 2 heterocycles. The number of hydrogen-bond acceptors (Lipinski definition) is 4. The van der Waals surface area contributed by atoms with Gasteiger partial charge in [0.2, 0.25) is 0 Å². The normalized spacial score (nSPS) is 14.4. The number of pyridine rings is 1. The number of methoxy groups -OCH3 is 1. The number of nitrogens with one attached hydrogen (secondary N) is 1. The van der Waals surface area contributed by atoms with Crippen molar-refractivity contribution in [2.24, 2.45) is 0 Å². The fourth-order valence-electron chi connectivity index (χ4n) is 3.86. The predicted octanol–water partition coefficient (Wildman–Crippen LogP) is 5.65. The van der Waals surface area contributed by atoms with Crippen molar-refractivity contribution in [3.63, 3.8) is 0 Å². The molecule has 1 aliphatic rings. The first-order chi connectivity index (χ1) is 15.0. The van der Waals surface area contributed by atoms with E-state index in [4.69, 9.17) is 16.3 Å². The highest BCUT2D eigenvalue weighted by Crippen LogP contribution is 2.33. The molecule has 0 bridgehead atoms. The van der Waals surface area contributed by atoms with Crippen molar-refractivity contribution in [2.75, 3.05) is 25.5 Å². The van der Waals surface area contributed by atoms with Crippen molar-refractivity contribution < 1.29 is 13.9 Å². The standard InChI is InChI=1S/C24H23ClFN3O2/c1-31-20-8-6-19(7-9-20)28-23-21(14-27-15-22(23)25)24(30)29-12-10-17(11-13-29)16-2-4-18(26)5-3-16/h2-9,14-15,17H,10-13H2,1H3,(H,27,28). The lowest BCUT2D eigenvalue weighted by atomic mass is 9.89. The number of benzene rings is 2. The first-order valence-corrected chi connectivity index (χ1v) is 10.5. The van der Waals surface area contributed by atoms with Crippen molar-refractivity contribution in [1.82, 2.24) is 9.88 Å². The smallest absolute Gasteiger partial charge is 0.257 e. The highest BCUT2D eigenvalue weighted by atomic mass is 35.5. The van der Waals surface area contributed by atoms with Gasteiger partial charge in [-0.05, 0) is 60.7 Å². The molecule has 1 aromatic heterocycles. The van der Waals surface area contributed by atoms with Gasteiger partial charge in [0.15, 0.2) is 0 Å². The van der Waals surface area contributed by atoms with E-state index in [1.807, 2.05) is 41.3 Å². The monoisotopic (exact) mass is 439 g/mol. The van der Waals surface area contributed by atoms with Crippen molar-refractivity contribution in [1.29, 1.82) is 0 Å². The number of piperidine rings is 1. The first kappa shape index (κ1) is 21.1.